The lowest BCUT2D eigenvalue weighted by atomic mass is 10.1. The number of nitrogens with one attached hydrogen (secondary N) is 3. The zero-order valence-corrected chi connectivity index (χ0v) is 37.4. The van der Waals surface area contributed by atoms with Crippen LogP contribution in [0.25, 0.3) is 22.3 Å². The van der Waals surface area contributed by atoms with Crippen LogP contribution in [0.15, 0.2) is 86.0 Å². The van der Waals surface area contributed by atoms with E-state index < -0.39 is 80.4 Å². The zero-order valence-electron chi connectivity index (χ0n) is 35.7. The summed E-state index contributed by atoms with van der Waals surface area (Å²) in [6.07, 6.45) is -8.86. The largest absolute Gasteiger partial charge is 0.508 e. The maximum Gasteiger partial charge on any atom is 0.508 e. The average Bonchev–Trinajstić information content (AvgIpc) is 4.13. The van der Waals surface area contributed by atoms with Crippen molar-refractivity contribution in [3.8, 4) is 12.1 Å². The van der Waals surface area contributed by atoms with Crippen molar-refractivity contribution in [2.75, 3.05) is 30.4 Å². The second-order valence-electron chi connectivity index (χ2n) is 14.9. The van der Waals surface area contributed by atoms with Gasteiger partial charge in [-0.15, -0.1) is 0 Å². The summed E-state index contributed by atoms with van der Waals surface area (Å²) in [6.45, 7) is -3.16. The van der Waals surface area contributed by atoms with Gasteiger partial charge in [-0.1, -0.05) is 43.3 Å². The number of halogens is 2. The molecule has 0 bridgehead atoms. The molecular weight excluding hydrogens is 932 g/mol. The van der Waals surface area contributed by atoms with Crippen LogP contribution in [-0.4, -0.2) is 114 Å². The highest BCUT2D eigenvalue weighted by Gasteiger charge is 2.52. The number of carbonyl (C=O) groups is 3. The monoisotopic (exact) mass is 971 g/mol. The fourth-order valence-corrected chi connectivity index (χ4v) is 9.68. The van der Waals surface area contributed by atoms with Crippen molar-refractivity contribution in [2.45, 2.75) is 75.4 Å². The number of hydrogen-bond acceptors (Lipinski definition) is 18. The minimum atomic E-state index is -3.89. The standard InChI is InChI=1S/C42H40F2N13O9PS/c1-2-26-33(29(44)41(63-26)57-23-52-31-35(48-21-50-37(31)57)55-39(59)25-13-7-4-8-14-25)66-67(68,62-18-10-16-46)53-19-27-32(65-42(60)61-17-9-15-45)28(43)40(64-27)56-22-51-30-34(47-20-49-36(30)56)54-38(58)24-11-5-3-6-12-24/h3-8,11-14,20-23,26-29,32-33,40-41H,2,9-10,17-19H2,1H3,(H,53,68)(H,47,49,54,58)(H,48,50,55,59)/t26-,27-,28-,29-,32-,33-,40-,41-,67?/m1/s1. The van der Waals surface area contributed by atoms with Gasteiger partial charge in [-0.25, -0.2) is 48.6 Å². The van der Waals surface area contributed by atoms with Crippen LogP contribution in [0.4, 0.5) is 25.2 Å². The van der Waals surface area contributed by atoms with Crippen molar-refractivity contribution in [1.29, 1.82) is 10.5 Å². The molecule has 2 amide bonds. The number of carbonyl (C=O) groups excluding carboxylic acids is 3. The first-order valence-corrected chi connectivity index (χ1v) is 23.6. The Balaban J connectivity index is 1.02. The van der Waals surface area contributed by atoms with Gasteiger partial charge in [0.1, 0.15) is 31.5 Å². The van der Waals surface area contributed by atoms with E-state index in [1.807, 2.05) is 12.1 Å². The van der Waals surface area contributed by atoms with Crippen LogP contribution in [0.3, 0.4) is 0 Å². The molecule has 2 saturated heterocycles. The van der Waals surface area contributed by atoms with Gasteiger partial charge in [-0.05, 0) is 42.5 Å². The van der Waals surface area contributed by atoms with Crippen molar-refractivity contribution in [3.05, 3.63) is 97.1 Å². The summed E-state index contributed by atoms with van der Waals surface area (Å²) in [5, 5.41) is 26.6. The number of benzene rings is 2. The van der Waals surface area contributed by atoms with E-state index in [2.05, 4.69) is 45.6 Å². The molecule has 0 radical (unpaired) electrons. The van der Waals surface area contributed by atoms with Crippen LogP contribution in [0.5, 0.6) is 0 Å². The molecule has 0 saturated carbocycles. The predicted molar refractivity (Wildman–Crippen MR) is 237 cm³/mol. The van der Waals surface area contributed by atoms with Crippen molar-refractivity contribution in [1.82, 2.24) is 44.1 Å². The van der Waals surface area contributed by atoms with Crippen molar-refractivity contribution >= 4 is 70.4 Å². The van der Waals surface area contributed by atoms with Gasteiger partial charge in [0.25, 0.3) is 18.5 Å². The fourth-order valence-electron chi connectivity index (χ4n) is 7.41. The topological polar surface area (TPSA) is 277 Å². The zero-order chi connectivity index (χ0) is 47.8. The summed E-state index contributed by atoms with van der Waals surface area (Å²) in [5.41, 5.74) is 1.16. The van der Waals surface area contributed by atoms with Gasteiger partial charge in [0.05, 0.1) is 50.3 Å². The number of fused-ring (bicyclic) bond motifs is 2. The maximum atomic E-state index is 16.9. The Bertz CT molecular complexity index is 2910. The molecule has 2 aliphatic rings. The molecule has 6 heterocycles. The third kappa shape index (κ3) is 10.3. The summed E-state index contributed by atoms with van der Waals surface area (Å²) in [7, 11) is 0. The third-order valence-corrected chi connectivity index (χ3v) is 13.2. The lowest BCUT2D eigenvalue weighted by molar-refractivity contribution is -0.0320. The summed E-state index contributed by atoms with van der Waals surface area (Å²) in [5.74, 6) is -0.832. The van der Waals surface area contributed by atoms with Gasteiger partial charge in [0, 0.05) is 17.7 Å². The normalized spacial score (nSPS) is 23.1. The molecule has 352 valence electrons. The Labute approximate surface area is 390 Å². The number of hydrogen-bond donors (Lipinski definition) is 3. The van der Waals surface area contributed by atoms with Crippen LogP contribution in [0.2, 0.25) is 0 Å². The molecule has 3 N–H and O–H groups in total. The number of amides is 2. The van der Waals surface area contributed by atoms with E-state index in [9.17, 15) is 19.6 Å². The summed E-state index contributed by atoms with van der Waals surface area (Å²) >= 11 is 5.90. The van der Waals surface area contributed by atoms with Crippen LogP contribution in [0.1, 0.15) is 59.4 Å². The molecule has 4 aromatic heterocycles. The predicted octanol–water partition coefficient (Wildman–Crippen LogP) is 5.62. The number of rotatable bonds is 18. The highest BCUT2D eigenvalue weighted by Crippen LogP contribution is 2.51. The van der Waals surface area contributed by atoms with Crippen LogP contribution >= 0.6 is 6.64 Å². The molecule has 1 unspecified atom stereocenters. The summed E-state index contributed by atoms with van der Waals surface area (Å²) < 4.78 is 71.3. The number of nitrogens with zero attached hydrogens (tertiary/aromatic N) is 10. The molecule has 2 fully saturated rings. The number of anilines is 2. The second kappa shape index (κ2) is 21.3. The molecule has 8 rings (SSSR count). The lowest BCUT2D eigenvalue weighted by Crippen LogP contribution is -2.40. The minimum Gasteiger partial charge on any atom is -0.433 e. The van der Waals surface area contributed by atoms with Crippen LogP contribution < -0.4 is 15.7 Å². The van der Waals surface area contributed by atoms with E-state index in [0.29, 0.717) is 11.1 Å². The first kappa shape index (κ1) is 47.5. The lowest BCUT2D eigenvalue weighted by Gasteiger charge is -2.30. The van der Waals surface area contributed by atoms with E-state index in [1.54, 1.807) is 67.6 Å². The van der Waals surface area contributed by atoms with Gasteiger partial charge in [0.15, 0.2) is 64.9 Å². The molecule has 22 nitrogen and oxygen atoms in total. The Kier molecular flexibility index (Phi) is 14.9. The summed E-state index contributed by atoms with van der Waals surface area (Å²) in [6, 6.07) is 20.6. The molecule has 2 aromatic carbocycles. The molecule has 2 aliphatic heterocycles. The van der Waals surface area contributed by atoms with E-state index in [4.69, 9.17) is 45.1 Å². The highest BCUT2D eigenvalue weighted by molar-refractivity contribution is 8.09. The van der Waals surface area contributed by atoms with Gasteiger partial charge < -0.3 is 38.6 Å². The number of ether oxygens (including phenoxy) is 4. The average molecular weight is 972 g/mol. The highest BCUT2D eigenvalue weighted by atomic mass is 32.5. The first-order valence-electron chi connectivity index (χ1n) is 20.9. The first-order chi connectivity index (χ1) is 33.0. The minimum absolute atomic E-state index is 0.0247. The smallest absolute Gasteiger partial charge is 0.433 e. The van der Waals surface area contributed by atoms with Gasteiger partial charge in [0.2, 0.25) is 0 Å². The number of imidazole rings is 2. The number of aromatic nitrogens is 8. The van der Waals surface area contributed by atoms with Crippen LogP contribution in [-0.2, 0) is 39.8 Å². The molecule has 6 aromatic rings. The fraction of sp³-hybridized carbons (Fsp3) is 0.357. The van der Waals surface area contributed by atoms with Gasteiger partial charge in [-0.2, -0.15) is 10.5 Å². The van der Waals surface area contributed by atoms with Gasteiger partial charge in [-0.3, -0.25) is 18.7 Å². The van der Waals surface area contributed by atoms with E-state index >= 15 is 8.78 Å². The SMILES string of the molecule is CC[C@H]1O[C@@H](n2cnc3c(NC(=O)c4ccccc4)ncnc32)[C@H](F)[C@@H]1OP(=S)(NC[C@H]1O[C@@H](n2cnc3c(NC(=O)c4ccccc4)ncnc32)[C@H](F)[C@@H]1OC(=O)OCCC#N)OCCC#N. The Hall–Kier alpha value is -6.96. The quantitative estimate of drug-likeness (QED) is 0.0535. The van der Waals surface area contributed by atoms with Crippen molar-refractivity contribution < 1.29 is 51.2 Å². The number of nitriles is 2. The van der Waals surface area contributed by atoms with Crippen LogP contribution in [0, 0.1) is 22.7 Å². The Morgan fingerprint density at radius 3 is 1.79 bits per heavy atom. The second-order valence-corrected chi connectivity index (χ2v) is 18.1. The maximum absolute atomic E-state index is 16.9. The summed E-state index contributed by atoms with van der Waals surface area (Å²) in [4.78, 5) is 64.3. The van der Waals surface area contributed by atoms with E-state index in [-0.39, 0.29) is 66.4 Å². The third-order valence-electron chi connectivity index (χ3n) is 10.6. The Morgan fingerprint density at radius 1 is 0.750 bits per heavy atom. The van der Waals surface area contributed by atoms with E-state index in [0.717, 1.165) is 6.33 Å². The van der Waals surface area contributed by atoms with Crippen molar-refractivity contribution in [3.63, 3.8) is 0 Å². The number of alkyl halides is 2. The molecule has 9 atom stereocenters. The molecular formula is C42H40F2N13O9PS. The Morgan fingerprint density at radius 2 is 1.26 bits per heavy atom. The van der Waals surface area contributed by atoms with Crippen molar-refractivity contribution in [2.24, 2.45) is 0 Å². The van der Waals surface area contributed by atoms with E-state index in [1.165, 1.54) is 28.1 Å². The van der Waals surface area contributed by atoms with Gasteiger partial charge >= 0.3 is 6.16 Å². The molecule has 0 aliphatic carbocycles. The molecule has 0 spiro atoms. The molecule has 68 heavy (non-hydrogen) atoms. The molecule has 26 heteroatoms.